The second-order valence-electron chi connectivity index (χ2n) is 7.88. The van der Waals surface area contributed by atoms with Crippen molar-refractivity contribution in [3.05, 3.63) is 70.6 Å². The van der Waals surface area contributed by atoms with E-state index in [0.29, 0.717) is 25.2 Å². The molecule has 4 aromatic rings. The maximum Gasteiger partial charge on any atom is 0.252 e. The van der Waals surface area contributed by atoms with Crippen LogP contribution in [0, 0.1) is 27.7 Å². The predicted molar refractivity (Wildman–Crippen MR) is 118 cm³/mol. The van der Waals surface area contributed by atoms with E-state index in [1.54, 1.807) is 9.42 Å². The summed E-state index contributed by atoms with van der Waals surface area (Å²) in [6.45, 7) is 8.51. The van der Waals surface area contributed by atoms with Crippen molar-refractivity contribution in [1.29, 1.82) is 0 Å². The van der Waals surface area contributed by atoms with Gasteiger partial charge in [0.1, 0.15) is 6.33 Å². The molecule has 0 spiro atoms. The number of carbonyl (C=O) groups excluding carboxylic acids is 1. The van der Waals surface area contributed by atoms with Gasteiger partial charge in [0.25, 0.3) is 5.78 Å². The van der Waals surface area contributed by atoms with Gasteiger partial charge in [-0.1, -0.05) is 18.2 Å². The second-order valence-corrected chi connectivity index (χ2v) is 7.88. The van der Waals surface area contributed by atoms with Gasteiger partial charge in [0.2, 0.25) is 5.91 Å². The number of amides is 1. The Kier molecular flexibility index (Phi) is 5.54. The third kappa shape index (κ3) is 3.93. The number of aromatic nitrogens is 6. The van der Waals surface area contributed by atoms with Gasteiger partial charge in [0.05, 0.1) is 11.4 Å². The number of fused-ring (bicyclic) bond motifs is 1. The van der Waals surface area contributed by atoms with Crippen LogP contribution in [-0.2, 0) is 17.8 Å². The molecule has 0 N–H and O–H groups in total. The van der Waals surface area contributed by atoms with E-state index in [0.717, 1.165) is 39.6 Å². The number of benzene rings is 1. The summed E-state index contributed by atoms with van der Waals surface area (Å²) < 4.78 is 3.66. The van der Waals surface area contributed by atoms with E-state index >= 15 is 0 Å². The number of carbonyl (C=O) groups is 1. The van der Waals surface area contributed by atoms with Crippen molar-refractivity contribution in [3.63, 3.8) is 0 Å². The van der Waals surface area contributed by atoms with Gasteiger partial charge < -0.3 is 4.90 Å². The number of hydrogen-bond donors (Lipinski definition) is 0. The van der Waals surface area contributed by atoms with E-state index in [1.807, 2.05) is 69.8 Å². The number of nitrogens with zero attached hydrogens (tertiary/aromatic N) is 7. The Labute approximate surface area is 181 Å². The molecule has 8 heteroatoms. The molecule has 0 aliphatic heterocycles. The smallest absolute Gasteiger partial charge is 0.252 e. The highest BCUT2D eigenvalue weighted by molar-refractivity contribution is 5.76. The maximum absolute atomic E-state index is 12.9. The minimum absolute atomic E-state index is 0.0868. The lowest BCUT2D eigenvalue weighted by atomic mass is 10.1. The average molecular weight is 418 g/mol. The summed E-state index contributed by atoms with van der Waals surface area (Å²) in [5, 5.41) is 8.91. The van der Waals surface area contributed by atoms with E-state index in [9.17, 15) is 4.79 Å². The van der Waals surface area contributed by atoms with E-state index in [-0.39, 0.29) is 5.91 Å². The minimum Gasteiger partial charge on any atom is -0.341 e. The van der Waals surface area contributed by atoms with E-state index in [1.165, 1.54) is 6.33 Å². The van der Waals surface area contributed by atoms with Crippen molar-refractivity contribution in [2.45, 2.75) is 47.1 Å². The molecule has 31 heavy (non-hydrogen) atoms. The molecule has 0 aliphatic rings. The third-order valence-corrected chi connectivity index (χ3v) is 5.84. The average Bonchev–Trinajstić information content (AvgIpc) is 3.33. The fraction of sp³-hybridized carbons (Fsp3) is 0.348. The Balaban J connectivity index is 1.47. The van der Waals surface area contributed by atoms with Crippen LogP contribution in [0.3, 0.4) is 0 Å². The molecule has 1 aromatic carbocycles. The summed E-state index contributed by atoms with van der Waals surface area (Å²) in [7, 11) is 1.85. The van der Waals surface area contributed by atoms with Crippen LogP contribution in [0.25, 0.3) is 11.5 Å². The lowest BCUT2D eigenvalue weighted by Gasteiger charge is -2.18. The number of hydrogen-bond acceptors (Lipinski definition) is 5. The SMILES string of the molecule is Cc1nn(-c2ccccc2)c(C)c1CN(C)C(=O)CCc1c(C)nc2ncnn2c1C. The molecule has 1 amide bonds. The van der Waals surface area contributed by atoms with Gasteiger partial charge in [-0.2, -0.15) is 15.2 Å². The Morgan fingerprint density at radius 2 is 1.74 bits per heavy atom. The summed E-state index contributed by atoms with van der Waals surface area (Å²) in [6.07, 6.45) is 2.52. The van der Waals surface area contributed by atoms with E-state index in [2.05, 4.69) is 20.2 Å². The van der Waals surface area contributed by atoms with E-state index < -0.39 is 0 Å². The Morgan fingerprint density at radius 1 is 1.00 bits per heavy atom. The molecule has 0 atom stereocenters. The van der Waals surface area contributed by atoms with Gasteiger partial charge >= 0.3 is 0 Å². The van der Waals surface area contributed by atoms with Gasteiger partial charge in [-0.3, -0.25) is 4.79 Å². The highest BCUT2D eigenvalue weighted by atomic mass is 16.2. The topological polar surface area (TPSA) is 81.2 Å². The van der Waals surface area contributed by atoms with Crippen molar-refractivity contribution < 1.29 is 4.79 Å². The Morgan fingerprint density at radius 3 is 2.48 bits per heavy atom. The standard InChI is InChI=1S/C23H27N7O/c1-15-20(17(3)30-23(26-15)24-14-25-30)11-12-22(31)28(5)13-21-16(2)27-29(18(21)4)19-9-7-6-8-10-19/h6-10,14H,11-13H2,1-5H3. The summed E-state index contributed by atoms with van der Waals surface area (Å²) >= 11 is 0. The van der Waals surface area contributed by atoms with Crippen molar-refractivity contribution in [2.24, 2.45) is 0 Å². The third-order valence-electron chi connectivity index (χ3n) is 5.84. The molecule has 3 heterocycles. The van der Waals surface area contributed by atoms with Gasteiger partial charge in [0.15, 0.2) is 0 Å². The summed E-state index contributed by atoms with van der Waals surface area (Å²) in [5.41, 5.74) is 7.01. The first-order chi connectivity index (χ1) is 14.9. The first-order valence-electron chi connectivity index (χ1n) is 10.4. The molecule has 8 nitrogen and oxygen atoms in total. The monoisotopic (exact) mass is 417 g/mol. The van der Waals surface area contributed by atoms with Crippen molar-refractivity contribution in [3.8, 4) is 5.69 Å². The fourth-order valence-electron chi connectivity index (χ4n) is 3.99. The van der Waals surface area contributed by atoms with Crippen LogP contribution in [-0.4, -0.2) is 47.2 Å². The zero-order chi connectivity index (χ0) is 22.1. The fourth-order valence-corrected chi connectivity index (χ4v) is 3.99. The van der Waals surface area contributed by atoms with Crippen LogP contribution in [0.15, 0.2) is 36.7 Å². The maximum atomic E-state index is 12.9. The molecule has 160 valence electrons. The first-order valence-corrected chi connectivity index (χ1v) is 10.4. The number of aryl methyl sites for hydroxylation is 3. The molecule has 0 bridgehead atoms. The van der Waals surface area contributed by atoms with Crippen LogP contribution in [0.2, 0.25) is 0 Å². The quantitative estimate of drug-likeness (QED) is 0.481. The minimum atomic E-state index is 0.0868. The van der Waals surface area contributed by atoms with Crippen LogP contribution in [0.5, 0.6) is 0 Å². The molecular formula is C23H27N7O. The molecule has 3 aromatic heterocycles. The first kappa shape index (κ1) is 20.7. The van der Waals surface area contributed by atoms with Gasteiger partial charge in [0, 0.05) is 42.7 Å². The Hall–Kier alpha value is -3.55. The molecule has 0 radical (unpaired) electrons. The Bertz CT molecular complexity index is 1240. The predicted octanol–water partition coefficient (Wildman–Crippen LogP) is 3.13. The molecule has 0 aliphatic carbocycles. The second kappa shape index (κ2) is 8.29. The van der Waals surface area contributed by atoms with Gasteiger partial charge in [-0.25, -0.2) is 14.2 Å². The molecule has 4 rings (SSSR count). The normalized spacial score (nSPS) is 11.3. The summed E-state index contributed by atoms with van der Waals surface area (Å²) in [4.78, 5) is 23.3. The van der Waals surface area contributed by atoms with Crippen molar-refractivity contribution in [2.75, 3.05) is 7.05 Å². The highest BCUT2D eigenvalue weighted by Gasteiger charge is 2.18. The lowest BCUT2D eigenvalue weighted by molar-refractivity contribution is -0.130. The molecule has 0 saturated carbocycles. The largest absolute Gasteiger partial charge is 0.341 e. The highest BCUT2D eigenvalue weighted by Crippen LogP contribution is 2.20. The van der Waals surface area contributed by atoms with E-state index in [4.69, 9.17) is 0 Å². The zero-order valence-electron chi connectivity index (χ0n) is 18.6. The van der Waals surface area contributed by atoms with Gasteiger partial charge in [-0.15, -0.1) is 0 Å². The summed E-state index contributed by atoms with van der Waals surface area (Å²) in [5.74, 6) is 0.673. The molecule has 0 saturated heterocycles. The summed E-state index contributed by atoms with van der Waals surface area (Å²) in [6, 6.07) is 10.0. The van der Waals surface area contributed by atoms with Gasteiger partial charge in [-0.05, 0) is 51.8 Å². The van der Waals surface area contributed by atoms with Crippen molar-refractivity contribution in [1.82, 2.24) is 34.3 Å². The number of rotatable bonds is 6. The van der Waals surface area contributed by atoms with Crippen LogP contribution >= 0.6 is 0 Å². The van der Waals surface area contributed by atoms with Crippen molar-refractivity contribution >= 4 is 11.7 Å². The van der Waals surface area contributed by atoms with Crippen LogP contribution in [0.1, 0.15) is 40.3 Å². The zero-order valence-corrected chi connectivity index (χ0v) is 18.6. The lowest BCUT2D eigenvalue weighted by Crippen LogP contribution is -2.27. The molecular weight excluding hydrogens is 390 g/mol. The van der Waals surface area contributed by atoms with Crippen LogP contribution in [0.4, 0.5) is 0 Å². The molecule has 0 unspecified atom stereocenters. The van der Waals surface area contributed by atoms with Crippen LogP contribution < -0.4 is 0 Å². The number of para-hydroxylation sites is 1. The molecule has 0 fully saturated rings.